The molecule has 13 heteroatoms. The second-order valence-corrected chi connectivity index (χ2v) is 7.19. The number of nitro benzene ring substituents is 1. The summed E-state index contributed by atoms with van der Waals surface area (Å²) in [5, 5.41) is 21.3. The Kier molecular flexibility index (Phi) is 7.35. The summed E-state index contributed by atoms with van der Waals surface area (Å²) < 4.78 is 14.7. The van der Waals surface area contributed by atoms with Gasteiger partial charge in [0.1, 0.15) is 5.56 Å². The van der Waals surface area contributed by atoms with Crippen LogP contribution in [0.1, 0.15) is 20.7 Å². The highest BCUT2D eigenvalue weighted by atomic mass is 32.2. The second-order valence-electron chi connectivity index (χ2n) is 6.27. The van der Waals surface area contributed by atoms with Gasteiger partial charge >= 0.3 is 11.9 Å². The van der Waals surface area contributed by atoms with Gasteiger partial charge in [-0.2, -0.15) is 0 Å². The zero-order chi connectivity index (χ0) is 24.0. The molecule has 1 N–H and O–H groups in total. The molecule has 12 nitrogen and oxygen atoms in total. The monoisotopic (exact) mass is 472 g/mol. The van der Waals surface area contributed by atoms with Gasteiger partial charge in [0.05, 0.1) is 36.0 Å². The van der Waals surface area contributed by atoms with Crippen molar-refractivity contribution >= 4 is 41.0 Å². The summed E-state index contributed by atoms with van der Waals surface area (Å²) in [6, 6.07) is 9.87. The standard InChI is InChI=1S/C20H16N4O8S/c1-30-18(26)11-7-12(19(27)31-2)9-13(8-11)21-16(25)10-33-20-23-22-17(32-20)14-5-3-4-6-15(14)24(28)29/h3-9H,10H2,1-2H3,(H,21,25). The Bertz CT molecular complexity index is 1190. The van der Waals surface area contributed by atoms with E-state index in [9.17, 15) is 24.5 Å². The van der Waals surface area contributed by atoms with Gasteiger partial charge in [0.25, 0.3) is 16.8 Å². The van der Waals surface area contributed by atoms with Crippen molar-refractivity contribution in [3.8, 4) is 11.5 Å². The van der Waals surface area contributed by atoms with Crippen LogP contribution in [0.25, 0.3) is 11.5 Å². The normalized spacial score (nSPS) is 10.4. The molecule has 33 heavy (non-hydrogen) atoms. The number of para-hydroxylation sites is 1. The van der Waals surface area contributed by atoms with Gasteiger partial charge in [-0.25, -0.2) is 9.59 Å². The van der Waals surface area contributed by atoms with Crippen molar-refractivity contribution in [2.45, 2.75) is 5.22 Å². The summed E-state index contributed by atoms with van der Waals surface area (Å²) >= 11 is 0.902. The Morgan fingerprint density at radius 1 is 1.06 bits per heavy atom. The van der Waals surface area contributed by atoms with Crippen LogP contribution in [0.4, 0.5) is 11.4 Å². The number of carbonyl (C=O) groups is 3. The Morgan fingerprint density at radius 2 is 1.70 bits per heavy atom. The van der Waals surface area contributed by atoms with E-state index in [0.717, 1.165) is 11.8 Å². The lowest BCUT2D eigenvalue weighted by molar-refractivity contribution is -0.384. The molecule has 3 rings (SSSR count). The highest BCUT2D eigenvalue weighted by Crippen LogP contribution is 2.30. The van der Waals surface area contributed by atoms with E-state index in [-0.39, 0.29) is 44.9 Å². The first-order valence-corrected chi connectivity index (χ1v) is 10.1. The summed E-state index contributed by atoms with van der Waals surface area (Å²) in [5.41, 5.74) is 0.238. The number of thioether (sulfide) groups is 1. The largest absolute Gasteiger partial charge is 0.465 e. The van der Waals surface area contributed by atoms with Crippen LogP contribution in [0.3, 0.4) is 0 Å². The van der Waals surface area contributed by atoms with Crippen LogP contribution in [-0.4, -0.2) is 52.9 Å². The molecule has 3 aromatic rings. The molecule has 0 saturated carbocycles. The van der Waals surface area contributed by atoms with E-state index >= 15 is 0 Å². The van der Waals surface area contributed by atoms with Crippen LogP contribution in [-0.2, 0) is 14.3 Å². The van der Waals surface area contributed by atoms with Gasteiger partial charge in [0.15, 0.2) is 0 Å². The summed E-state index contributed by atoms with van der Waals surface area (Å²) in [6.45, 7) is 0. The van der Waals surface area contributed by atoms with Crippen LogP contribution < -0.4 is 5.32 Å². The number of esters is 2. The number of amides is 1. The fourth-order valence-electron chi connectivity index (χ4n) is 2.69. The van der Waals surface area contributed by atoms with Gasteiger partial charge in [-0.1, -0.05) is 23.9 Å². The number of benzene rings is 2. The lowest BCUT2D eigenvalue weighted by Crippen LogP contribution is -2.16. The number of ether oxygens (including phenoxy) is 2. The minimum absolute atomic E-state index is 0.0249. The number of nitrogens with one attached hydrogen (secondary N) is 1. The maximum absolute atomic E-state index is 12.4. The predicted octanol–water partition coefficient (Wildman–Crippen LogP) is 2.95. The molecular weight excluding hydrogens is 456 g/mol. The zero-order valence-corrected chi connectivity index (χ0v) is 18.1. The summed E-state index contributed by atoms with van der Waals surface area (Å²) in [5.74, 6) is -2.10. The average molecular weight is 472 g/mol. The number of hydrogen-bond acceptors (Lipinski definition) is 11. The third kappa shape index (κ3) is 5.71. The molecule has 0 atom stereocenters. The van der Waals surface area contributed by atoms with Crippen molar-refractivity contribution in [1.82, 2.24) is 10.2 Å². The molecule has 0 radical (unpaired) electrons. The molecule has 1 heterocycles. The molecule has 1 amide bonds. The topological polar surface area (TPSA) is 164 Å². The second kappa shape index (κ2) is 10.4. The van der Waals surface area contributed by atoms with E-state index in [1.807, 2.05) is 0 Å². The van der Waals surface area contributed by atoms with Gasteiger partial charge in [0.2, 0.25) is 5.91 Å². The average Bonchev–Trinajstić information content (AvgIpc) is 3.30. The summed E-state index contributed by atoms with van der Waals surface area (Å²) in [7, 11) is 2.37. The van der Waals surface area contributed by atoms with Crippen LogP contribution in [0.15, 0.2) is 52.1 Å². The van der Waals surface area contributed by atoms with Crippen molar-refractivity contribution in [2.24, 2.45) is 0 Å². The third-order valence-electron chi connectivity index (χ3n) is 4.12. The molecule has 170 valence electrons. The number of hydrogen-bond donors (Lipinski definition) is 1. The Labute approximate surface area is 190 Å². The van der Waals surface area contributed by atoms with E-state index in [2.05, 4.69) is 25.0 Å². The van der Waals surface area contributed by atoms with Crippen molar-refractivity contribution in [2.75, 3.05) is 25.3 Å². The van der Waals surface area contributed by atoms with E-state index in [1.54, 1.807) is 6.07 Å². The summed E-state index contributed by atoms with van der Waals surface area (Å²) in [4.78, 5) is 46.7. The number of aromatic nitrogens is 2. The first kappa shape index (κ1) is 23.4. The maximum atomic E-state index is 12.4. The fourth-order valence-corrected chi connectivity index (χ4v) is 3.25. The molecule has 0 bridgehead atoms. The minimum atomic E-state index is -0.695. The SMILES string of the molecule is COC(=O)c1cc(NC(=O)CSc2nnc(-c3ccccc3[N+](=O)[O-])o2)cc(C(=O)OC)c1. The van der Waals surface area contributed by atoms with Gasteiger partial charge in [-0.15, -0.1) is 10.2 Å². The van der Waals surface area contributed by atoms with Crippen LogP contribution in [0.2, 0.25) is 0 Å². The lowest BCUT2D eigenvalue weighted by Gasteiger charge is -2.09. The first-order chi connectivity index (χ1) is 15.8. The van der Waals surface area contributed by atoms with Crippen molar-refractivity contribution < 1.29 is 33.2 Å². The van der Waals surface area contributed by atoms with Crippen LogP contribution in [0, 0.1) is 10.1 Å². The molecule has 0 saturated heterocycles. The first-order valence-electron chi connectivity index (χ1n) is 9.14. The quantitative estimate of drug-likeness (QED) is 0.222. The molecule has 0 fully saturated rings. The molecule has 2 aromatic carbocycles. The van der Waals surface area contributed by atoms with Crippen LogP contribution in [0.5, 0.6) is 0 Å². The van der Waals surface area contributed by atoms with Crippen molar-refractivity contribution in [3.63, 3.8) is 0 Å². The molecule has 0 aliphatic rings. The van der Waals surface area contributed by atoms with Gasteiger partial charge in [-0.3, -0.25) is 14.9 Å². The van der Waals surface area contributed by atoms with Crippen molar-refractivity contribution in [1.29, 1.82) is 0 Å². The zero-order valence-electron chi connectivity index (χ0n) is 17.3. The lowest BCUT2D eigenvalue weighted by atomic mass is 10.1. The predicted molar refractivity (Wildman–Crippen MR) is 115 cm³/mol. The number of nitrogens with zero attached hydrogens (tertiary/aromatic N) is 3. The molecule has 0 aliphatic heterocycles. The Balaban J connectivity index is 1.70. The highest BCUT2D eigenvalue weighted by Gasteiger charge is 2.20. The van der Waals surface area contributed by atoms with Gasteiger partial charge < -0.3 is 19.2 Å². The smallest absolute Gasteiger partial charge is 0.337 e. The minimum Gasteiger partial charge on any atom is -0.465 e. The molecule has 0 spiro atoms. The summed E-state index contributed by atoms with van der Waals surface area (Å²) in [6.07, 6.45) is 0. The number of anilines is 1. The third-order valence-corrected chi connectivity index (χ3v) is 4.94. The number of rotatable bonds is 8. The van der Waals surface area contributed by atoms with E-state index in [0.29, 0.717) is 0 Å². The van der Waals surface area contributed by atoms with Crippen molar-refractivity contribution in [3.05, 3.63) is 63.7 Å². The van der Waals surface area contributed by atoms with E-state index in [1.165, 1.54) is 50.6 Å². The van der Waals surface area contributed by atoms with E-state index < -0.39 is 22.8 Å². The van der Waals surface area contributed by atoms with Gasteiger partial charge in [0, 0.05) is 11.8 Å². The maximum Gasteiger partial charge on any atom is 0.337 e. The van der Waals surface area contributed by atoms with E-state index in [4.69, 9.17) is 4.42 Å². The van der Waals surface area contributed by atoms with Crippen LogP contribution >= 0.6 is 11.8 Å². The Hall–Kier alpha value is -4.26. The number of nitro groups is 1. The molecule has 1 aromatic heterocycles. The molecule has 0 unspecified atom stereocenters. The Morgan fingerprint density at radius 3 is 2.30 bits per heavy atom. The molecular formula is C20H16N4O8S. The number of carbonyl (C=O) groups excluding carboxylic acids is 3. The molecule has 0 aliphatic carbocycles. The fraction of sp³-hybridized carbons (Fsp3) is 0.150. The van der Waals surface area contributed by atoms with Gasteiger partial charge in [-0.05, 0) is 24.3 Å². The highest BCUT2D eigenvalue weighted by molar-refractivity contribution is 7.99. The number of methoxy groups -OCH3 is 2.